The van der Waals surface area contributed by atoms with Crippen LogP contribution in [0.2, 0.25) is 0 Å². The molecule has 98 valence electrons. The summed E-state index contributed by atoms with van der Waals surface area (Å²) in [5, 5.41) is 0. The minimum atomic E-state index is 0.565. The van der Waals surface area contributed by atoms with E-state index in [1.54, 1.807) is 0 Å². The van der Waals surface area contributed by atoms with E-state index in [0.717, 1.165) is 28.3 Å². The molecule has 0 amide bonds. The van der Waals surface area contributed by atoms with Crippen molar-refractivity contribution in [1.29, 1.82) is 0 Å². The van der Waals surface area contributed by atoms with Crippen LogP contribution in [0.25, 0.3) is 0 Å². The zero-order chi connectivity index (χ0) is 12.5. The van der Waals surface area contributed by atoms with Gasteiger partial charge in [0.15, 0.2) is 0 Å². The van der Waals surface area contributed by atoms with Crippen LogP contribution in [0, 0.1) is 5.92 Å². The van der Waals surface area contributed by atoms with Crippen LogP contribution in [0.4, 0.5) is 5.82 Å². The van der Waals surface area contributed by atoms with Crippen molar-refractivity contribution in [1.82, 2.24) is 4.98 Å². The molecule has 2 atom stereocenters. The van der Waals surface area contributed by atoms with Gasteiger partial charge in [0.25, 0.3) is 0 Å². The van der Waals surface area contributed by atoms with Gasteiger partial charge in [-0.3, -0.25) is 0 Å². The molecule has 18 heavy (non-hydrogen) atoms. The molecule has 1 aliphatic heterocycles. The lowest BCUT2D eigenvalue weighted by Gasteiger charge is -2.33. The third kappa shape index (κ3) is 2.16. The van der Waals surface area contributed by atoms with Crippen molar-refractivity contribution in [2.24, 2.45) is 11.7 Å². The molecular weight excluding hydrogens is 290 g/mol. The maximum Gasteiger partial charge on any atom is 0.133 e. The first kappa shape index (κ1) is 12.4. The first-order valence-corrected chi connectivity index (χ1v) is 7.70. The Kier molecular flexibility index (Phi) is 3.57. The Bertz CT molecular complexity index is 435. The summed E-state index contributed by atoms with van der Waals surface area (Å²) < 4.78 is 1.02. The van der Waals surface area contributed by atoms with Gasteiger partial charge < -0.3 is 10.6 Å². The molecule has 4 heteroatoms. The van der Waals surface area contributed by atoms with Crippen LogP contribution in [-0.2, 0) is 6.54 Å². The summed E-state index contributed by atoms with van der Waals surface area (Å²) >= 11 is 3.48. The van der Waals surface area contributed by atoms with Crippen LogP contribution in [0.15, 0.2) is 16.7 Å². The summed E-state index contributed by atoms with van der Waals surface area (Å²) in [7, 11) is 0. The fourth-order valence-corrected chi connectivity index (χ4v) is 3.93. The van der Waals surface area contributed by atoms with E-state index in [2.05, 4.69) is 31.9 Å². The van der Waals surface area contributed by atoms with E-state index in [-0.39, 0.29) is 0 Å². The van der Waals surface area contributed by atoms with Crippen LogP contribution in [0.5, 0.6) is 0 Å². The first-order chi connectivity index (χ1) is 8.79. The Balaban J connectivity index is 1.90. The second-order valence-corrected chi connectivity index (χ2v) is 6.35. The van der Waals surface area contributed by atoms with Gasteiger partial charge >= 0.3 is 0 Å². The Hall–Kier alpha value is -0.610. The van der Waals surface area contributed by atoms with Crippen LogP contribution in [0.3, 0.4) is 0 Å². The fourth-order valence-electron chi connectivity index (χ4n) is 3.55. The van der Waals surface area contributed by atoms with Crippen molar-refractivity contribution in [2.45, 2.75) is 44.7 Å². The number of fused-ring (bicyclic) bond motifs is 1. The molecule has 0 aromatic carbocycles. The molecule has 2 unspecified atom stereocenters. The number of nitrogens with zero attached hydrogens (tertiary/aromatic N) is 2. The standard InChI is InChI=1S/C14H20BrN3/c15-12-7-11(8-16)14(17-9-12)18-6-5-10-3-1-2-4-13(10)18/h7,9-10,13H,1-6,8,16H2. The number of aromatic nitrogens is 1. The van der Waals surface area contributed by atoms with Gasteiger partial charge in [-0.25, -0.2) is 4.98 Å². The number of nitrogens with two attached hydrogens (primary N) is 1. The number of halogens is 1. The van der Waals surface area contributed by atoms with E-state index < -0.39 is 0 Å². The minimum absolute atomic E-state index is 0.565. The van der Waals surface area contributed by atoms with Crippen LogP contribution in [0.1, 0.15) is 37.7 Å². The lowest BCUT2D eigenvalue weighted by molar-refractivity contribution is 0.341. The number of hydrogen-bond donors (Lipinski definition) is 1. The molecule has 0 bridgehead atoms. The average molecular weight is 310 g/mol. The molecule has 2 aliphatic rings. The van der Waals surface area contributed by atoms with E-state index in [1.807, 2.05) is 6.20 Å². The van der Waals surface area contributed by atoms with Gasteiger partial charge in [0.1, 0.15) is 5.82 Å². The fraction of sp³-hybridized carbons (Fsp3) is 0.643. The molecule has 0 radical (unpaired) electrons. The summed E-state index contributed by atoms with van der Waals surface area (Å²) in [6, 6.07) is 2.82. The molecule has 3 nitrogen and oxygen atoms in total. The Morgan fingerprint density at radius 1 is 1.33 bits per heavy atom. The Labute approximate surface area is 117 Å². The quantitative estimate of drug-likeness (QED) is 0.913. The SMILES string of the molecule is NCc1cc(Br)cnc1N1CCC2CCCCC21. The van der Waals surface area contributed by atoms with Crippen molar-refractivity contribution in [2.75, 3.05) is 11.4 Å². The predicted molar refractivity (Wildman–Crippen MR) is 77.5 cm³/mol. The van der Waals surface area contributed by atoms with Crippen LogP contribution in [-0.4, -0.2) is 17.6 Å². The number of pyridine rings is 1. The van der Waals surface area contributed by atoms with Crippen LogP contribution >= 0.6 is 15.9 Å². The monoisotopic (exact) mass is 309 g/mol. The minimum Gasteiger partial charge on any atom is -0.353 e. The maximum absolute atomic E-state index is 5.87. The van der Waals surface area contributed by atoms with Crippen LogP contribution < -0.4 is 10.6 Å². The Morgan fingerprint density at radius 2 is 2.17 bits per heavy atom. The van der Waals surface area contributed by atoms with Crippen molar-refractivity contribution in [3.8, 4) is 0 Å². The van der Waals surface area contributed by atoms with Gasteiger partial charge in [0.05, 0.1) is 0 Å². The first-order valence-electron chi connectivity index (χ1n) is 6.90. The molecule has 2 N–H and O–H groups in total. The lowest BCUT2D eigenvalue weighted by atomic mass is 9.85. The third-order valence-corrected chi connectivity index (χ3v) is 4.85. The third-order valence-electron chi connectivity index (χ3n) is 4.41. The molecule has 1 saturated heterocycles. The normalized spacial score (nSPS) is 27.3. The zero-order valence-electron chi connectivity index (χ0n) is 10.6. The summed E-state index contributed by atoms with van der Waals surface area (Å²) in [4.78, 5) is 7.13. The summed E-state index contributed by atoms with van der Waals surface area (Å²) in [6.07, 6.45) is 8.72. The molecular formula is C14H20BrN3. The van der Waals surface area contributed by atoms with E-state index in [4.69, 9.17) is 5.73 Å². The van der Waals surface area contributed by atoms with Gasteiger partial charge in [0.2, 0.25) is 0 Å². The molecule has 2 heterocycles. The molecule has 3 rings (SSSR count). The van der Waals surface area contributed by atoms with E-state index in [0.29, 0.717) is 12.6 Å². The molecule has 0 spiro atoms. The average Bonchev–Trinajstić information content (AvgIpc) is 2.82. The molecule has 1 aromatic heterocycles. The topological polar surface area (TPSA) is 42.1 Å². The lowest BCUT2D eigenvalue weighted by Crippen LogP contribution is -2.36. The van der Waals surface area contributed by atoms with Crippen molar-refractivity contribution < 1.29 is 0 Å². The number of anilines is 1. The van der Waals surface area contributed by atoms with Crippen molar-refractivity contribution in [3.05, 3.63) is 22.3 Å². The second kappa shape index (κ2) is 5.17. The molecule has 1 saturated carbocycles. The zero-order valence-corrected chi connectivity index (χ0v) is 12.2. The molecule has 1 aromatic rings. The summed E-state index contributed by atoms with van der Waals surface area (Å²) in [5.74, 6) is 2.00. The van der Waals surface area contributed by atoms with Gasteiger partial charge in [-0.05, 0) is 47.2 Å². The maximum atomic E-state index is 5.87. The van der Waals surface area contributed by atoms with Crippen molar-refractivity contribution in [3.63, 3.8) is 0 Å². The highest BCUT2D eigenvalue weighted by atomic mass is 79.9. The van der Waals surface area contributed by atoms with Gasteiger partial charge in [0, 0.05) is 35.4 Å². The smallest absolute Gasteiger partial charge is 0.133 e. The van der Waals surface area contributed by atoms with Gasteiger partial charge in [-0.2, -0.15) is 0 Å². The van der Waals surface area contributed by atoms with E-state index in [1.165, 1.54) is 32.1 Å². The highest BCUT2D eigenvalue weighted by Crippen LogP contribution is 2.39. The van der Waals surface area contributed by atoms with E-state index >= 15 is 0 Å². The molecule has 2 fully saturated rings. The van der Waals surface area contributed by atoms with Crippen molar-refractivity contribution >= 4 is 21.7 Å². The van der Waals surface area contributed by atoms with Gasteiger partial charge in [-0.15, -0.1) is 0 Å². The van der Waals surface area contributed by atoms with Gasteiger partial charge in [-0.1, -0.05) is 12.8 Å². The predicted octanol–water partition coefficient (Wildman–Crippen LogP) is 3.07. The largest absolute Gasteiger partial charge is 0.353 e. The number of rotatable bonds is 2. The summed E-state index contributed by atoms with van der Waals surface area (Å²) in [5.41, 5.74) is 7.03. The highest BCUT2D eigenvalue weighted by molar-refractivity contribution is 9.10. The molecule has 1 aliphatic carbocycles. The van der Waals surface area contributed by atoms with E-state index in [9.17, 15) is 0 Å². The summed E-state index contributed by atoms with van der Waals surface area (Å²) in [6.45, 7) is 1.71. The second-order valence-electron chi connectivity index (χ2n) is 5.43. The highest BCUT2D eigenvalue weighted by Gasteiger charge is 2.36. The Morgan fingerprint density at radius 3 is 3.00 bits per heavy atom. The number of hydrogen-bond acceptors (Lipinski definition) is 3.